The summed E-state index contributed by atoms with van der Waals surface area (Å²) >= 11 is 0. The highest BCUT2D eigenvalue weighted by Gasteiger charge is 2.44. The molecule has 2 aliphatic rings. The van der Waals surface area contributed by atoms with Crippen LogP contribution in [0.2, 0.25) is 0 Å². The lowest BCUT2D eigenvalue weighted by Crippen LogP contribution is -2.33. The van der Waals surface area contributed by atoms with E-state index in [1.165, 1.54) is 0 Å². The standard InChI is InChI=1S/C31H31N5O6/c1-31(2)13-21(37)27-24(14-31)42-30-28(26(27)19-8-11-22(39-4)23(12-19)40-5)29-34-25(35-36(29)17-32-30)16-41-33-15-18-6-9-20(38-3)10-7-18/h6-12,15,17,26H,13-14,16H2,1-5H3. The van der Waals surface area contributed by atoms with Gasteiger partial charge < -0.3 is 23.8 Å². The van der Waals surface area contributed by atoms with E-state index in [2.05, 4.69) is 29.1 Å². The third-order valence-electron chi connectivity index (χ3n) is 7.43. The molecule has 0 N–H and O–H groups in total. The molecule has 0 fully saturated rings. The number of allylic oxidation sites excluding steroid dienone is 2. The van der Waals surface area contributed by atoms with Crippen molar-refractivity contribution in [3.63, 3.8) is 0 Å². The smallest absolute Gasteiger partial charge is 0.228 e. The molecule has 1 unspecified atom stereocenters. The number of carbonyl (C=O) groups excluding carboxylic acids is 1. The van der Waals surface area contributed by atoms with Crippen LogP contribution < -0.4 is 18.9 Å². The molecule has 3 heterocycles. The molecule has 6 rings (SSSR count). The highest BCUT2D eigenvalue weighted by Crippen LogP contribution is 2.51. The lowest BCUT2D eigenvalue weighted by molar-refractivity contribution is -0.118. The summed E-state index contributed by atoms with van der Waals surface area (Å²) in [6.45, 7) is 4.17. The van der Waals surface area contributed by atoms with Gasteiger partial charge in [0.25, 0.3) is 0 Å². The third kappa shape index (κ3) is 5.02. The Labute approximate surface area is 242 Å². The topological polar surface area (TPSA) is 119 Å². The zero-order chi connectivity index (χ0) is 29.4. The Hall–Kier alpha value is -4.93. The summed E-state index contributed by atoms with van der Waals surface area (Å²) < 4.78 is 24.1. The largest absolute Gasteiger partial charge is 0.497 e. The van der Waals surface area contributed by atoms with Crippen LogP contribution in [0.3, 0.4) is 0 Å². The minimum absolute atomic E-state index is 0.0321. The number of methoxy groups -OCH3 is 3. The van der Waals surface area contributed by atoms with E-state index in [1.54, 1.807) is 38.4 Å². The first-order chi connectivity index (χ1) is 20.3. The number of fused-ring (bicyclic) bond motifs is 3. The van der Waals surface area contributed by atoms with Crippen LogP contribution in [-0.2, 0) is 16.2 Å². The summed E-state index contributed by atoms with van der Waals surface area (Å²) in [5.41, 5.74) is 3.23. The van der Waals surface area contributed by atoms with Crippen LogP contribution >= 0.6 is 0 Å². The Kier molecular flexibility index (Phi) is 7.01. The first kappa shape index (κ1) is 27.3. The number of carbonyl (C=O) groups is 1. The summed E-state index contributed by atoms with van der Waals surface area (Å²) in [7, 11) is 4.79. The highest BCUT2D eigenvalue weighted by atomic mass is 16.6. The van der Waals surface area contributed by atoms with Gasteiger partial charge >= 0.3 is 0 Å². The Morgan fingerprint density at radius 1 is 1.05 bits per heavy atom. The summed E-state index contributed by atoms with van der Waals surface area (Å²) in [5, 5.41) is 8.60. The normalized spacial score (nSPS) is 17.5. The van der Waals surface area contributed by atoms with Gasteiger partial charge in [-0.15, -0.1) is 5.10 Å². The summed E-state index contributed by atoms with van der Waals surface area (Å²) in [6.07, 6.45) is 4.17. The average molecular weight is 570 g/mol. The van der Waals surface area contributed by atoms with E-state index < -0.39 is 5.92 Å². The molecule has 1 aliphatic heterocycles. The molecule has 216 valence electrons. The lowest BCUT2D eigenvalue weighted by Gasteiger charge is -2.37. The van der Waals surface area contributed by atoms with Gasteiger partial charge in [0.15, 0.2) is 35.4 Å². The molecule has 1 aliphatic carbocycles. The minimum atomic E-state index is -0.491. The number of nitrogens with zero attached hydrogens (tertiary/aromatic N) is 5. The van der Waals surface area contributed by atoms with Crippen LogP contribution in [0.5, 0.6) is 23.1 Å². The number of hydrogen-bond donors (Lipinski definition) is 0. The predicted molar refractivity (Wildman–Crippen MR) is 153 cm³/mol. The molecule has 0 spiro atoms. The van der Waals surface area contributed by atoms with Gasteiger partial charge in [-0.25, -0.2) is 14.5 Å². The Morgan fingerprint density at radius 2 is 1.83 bits per heavy atom. The molecule has 0 radical (unpaired) electrons. The molecule has 11 heteroatoms. The van der Waals surface area contributed by atoms with E-state index in [0.717, 1.165) is 16.9 Å². The van der Waals surface area contributed by atoms with Gasteiger partial charge in [-0.2, -0.15) is 0 Å². The van der Waals surface area contributed by atoms with E-state index in [4.69, 9.17) is 28.8 Å². The molecule has 11 nitrogen and oxygen atoms in total. The zero-order valence-electron chi connectivity index (χ0n) is 24.1. The van der Waals surface area contributed by atoms with Crippen molar-refractivity contribution >= 4 is 17.6 Å². The molecule has 0 bridgehead atoms. The van der Waals surface area contributed by atoms with Crippen molar-refractivity contribution in [3.8, 4) is 23.1 Å². The summed E-state index contributed by atoms with van der Waals surface area (Å²) in [5.74, 6) is 2.88. The van der Waals surface area contributed by atoms with Gasteiger partial charge in [-0.3, -0.25) is 4.79 Å². The van der Waals surface area contributed by atoms with Crippen LogP contribution in [0, 0.1) is 5.41 Å². The van der Waals surface area contributed by atoms with Crippen LogP contribution in [0.15, 0.2) is 65.3 Å². The van der Waals surface area contributed by atoms with Crippen LogP contribution in [-0.4, -0.2) is 52.9 Å². The number of ether oxygens (including phenoxy) is 4. The van der Waals surface area contributed by atoms with Crippen molar-refractivity contribution in [1.29, 1.82) is 0 Å². The maximum absolute atomic E-state index is 13.7. The van der Waals surface area contributed by atoms with E-state index in [1.807, 2.05) is 42.5 Å². The molecule has 2 aromatic heterocycles. The second kappa shape index (κ2) is 10.8. The van der Waals surface area contributed by atoms with Crippen molar-refractivity contribution in [1.82, 2.24) is 19.6 Å². The molecule has 42 heavy (non-hydrogen) atoms. The van der Waals surface area contributed by atoms with Crippen LogP contribution in [0.1, 0.15) is 55.1 Å². The number of benzene rings is 2. The molecule has 1 atom stereocenters. The average Bonchev–Trinajstić information content (AvgIpc) is 3.41. The van der Waals surface area contributed by atoms with Crippen molar-refractivity contribution in [2.45, 2.75) is 39.2 Å². The van der Waals surface area contributed by atoms with Crippen molar-refractivity contribution in [3.05, 3.63) is 82.6 Å². The van der Waals surface area contributed by atoms with Gasteiger partial charge in [-0.05, 0) is 52.9 Å². The first-order valence-corrected chi connectivity index (χ1v) is 13.5. The van der Waals surface area contributed by atoms with Gasteiger partial charge in [-0.1, -0.05) is 25.1 Å². The molecule has 2 aromatic carbocycles. The minimum Gasteiger partial charge on any atom is -0.497 e. The molecule has 0 saturated carbocycles. The van der Waals surface area contributed by atoms with Crippen LogP contribution in [0.25, 0.3) is 5.65 Å². The lowest BCUT2D eigenvalue weighted by atomic mass is 9.70. The van der Waals surface area contributed by atoms with E-state index in [0.29, 0.717) is 58.6 Å². The van der Waals surface area contributed by atoms with Gasteiger partial charge in [0.1, 0.15) is 17.8 Å². The number of Topliss-reactive ketones (excluding diaryl/α,β-unsaturated/α-hetero) is 1. The Bertz CT molecular complexity index is 1720. The van der Waals surface area contributed by atoms with E-state index in [-0.39, 0.29) is 17.8 Å². The maximum Gasteiger partial charge on any atom is 0.228 e. The number of oxime groups is 1. The third-order valence-corrected chi connectivity index (χ3v) is 7.43. The second-order valence-electron chi connectivity index (χ2n) is 11.0. The van der Waals surface area contributed by atoms with Gasteiger partial charge in [0.05, 0.1) is 39.0 Å². The number of aromatic nitrogens is 4. The first-order valence-electron chi connectivity index (χ1n) is 13.5. The predicted octanol–water partition coefficient (Wildman–Crippen LogP) is 4.87. The monoisotopic (exact) mass is 569 g/mol. The Balaban J connectivity index is 1.38. The summed E-state index contributed by atoms with van der Waals surface area (Å²) in [4.78, 5) is 28.5. The molecular formula is C31H31N5O6. The second-order valence-corrected chi connectivity index (χ2v) is 11.0. The molecular weight excluding hydrogens is 538 g/mol. The van der Waals surface area contributed by atoms with Gasteiger partial charge in [0.2, 0.25) is 5.88 Å². The fourth-order valence-electron chi connectivity index (χ4n) is 5.50. The quantitative estimate of drug-likeness (QED) is 0.216. The fourth-order valence-corrected chi connectivity index (χ4v) is 5.50. The number of rotatable bonds is 8. The molecule has 0 amide bonds. The highest BCUT2D eigenvalue weighted by molar-refractivity contribution is 6.00. The molecule has 0 saturated heterocycles. The Morgan fingerprint density at radius 3 is 2.57 bits per heavy atom. The van der Waals surface area contributed by atoms with Crippen LogP contribution in [0.4, 0.5) is 0 Å². The van der Waals surface area contributed by atoms with Crippen molar-refractivity contribution in [2.75, 3.05) is 21.3 Å². The summed E-state index contributed by atoms with van der Waals surface area (Å²) in [6, 6.07) is 13.1. The zero-order valence-corrected chi connectivity index (χ0v) is 24.1. The maximum atomic E-state index is 13.7. The number of ketones is 1. The van der Waals surface area contributed by atoms with Gasteiger partial charge in [0, 0.05) is 18.4 Å². The molecule has 4 aromatic rings. The number of hydrogen-bond acceptors (Lipinski definition) is 10. The van der Waals surface area contributed by atoms with Crippen molar-refractivity contribution in [2.24, 2.45) is 10.6 Å². The van der Waals surface area contributed by atoms with E-state index >= 15 is 0 Å². The SMILES string of the molecule is COc1ccc(C=NOCc2nc3c4c(ncn3n2)OC2=C(C(=O)CC(C)(C)C2)C4c2ccc(OC)c(OC)c2)cc1. The van der Waals surface area contributed by atoms with Crippen molar-refractivity contribution < 1.29 is 28.6 Å². The fraction of sp³-hybridized carbons (Fsp3) is 0.323. The van der Waals surface area contributed by atoms with E-state index in [9.17, 15) is 4.79 Å².